The molecule has 71 heavy (non-hydrogen) atoms. The first-order valence-corrected chi connectivity index (χ1v) is 21.6. The van der Waals surface area contributed by atoms with Gasteiger partial charge < -0.3 is 53.2 Å². The van der Waals surface area contributed by atoms with E-state index in [1.165, 1.54) is 6.07 Å². The summed E-state index contributed by atoms with van der Waals surface area (Å²) in [6.45, 7) is 3.06. The van der Waals surface area contributed by atoms with Gasteiger partial charge in [0.15, 0.2) is 30.4 Å². The van der Waals surface area contributed by atoms with Crippen LogP contribution in [-0.4, -0.2) is 153 Å². The summed E-state index contributed by atoms with van der Waals surface area (Å²) in [5, 5.41) is 73.5. The van der Waals surface area contributed by atoms with E-state index in [0.29, 0.717) is 34.8 Å². The molecule has 0 amide bonds. The Morgan fingerprint density at radius 2 is 1.24 bits per heavy atom. The molecule has 3 heterocycles. The van der Waals surface area contributed by atoms with E-state index < -0.39 is 150 Å². The Bertz CT molecular complexity index is 2400. The molecule has 0 spiro atoms. The number of esters is 4. The van der Waals surface area contributed by atoms with Gasteiger partial charge in [-0.25, -0.2) is 0 Å². The van der Waals surface area contributed by atoms with Gasteiger partial charge >= 0.3 is 23.9 Å². The second kappa shape index (κ2) is 24.3. The molecule has 3 N–H and O–H groups in total. The summed E-state index contributed by atoms with van der Waals surface area (Å²) < 4.78 is 42.5. The fourth-order valence-electron chi connectivity index (χ4n) is 7.06. The summed E-state index contributed by atoms with van der Waals surface area (Å²) in [5.74, 6) is -3.69. The van der Waals surface area contributed by atoms with Gasteiger partial charge in [-0.05, 0) is 57.5 Å². The largest absolute Gasteiger partial charge is 0.507 e. The van der Waals surface area contributed by atoms with Crippen LogP contribution in [0.25, 0.3) is 6.08 Å². The van der Waals surface area contributed by atoms with Crippen molar-refractivity contribution in [2.45, 2.75) is 114 Å². The van der Waals surface area contributed by atoms with Crippen LogP contribution in [0.5, 0.6) is 23.0 Å². The van der Waals surface area contributed by atoms with Crippen LogP contribution in [0.3, 0.4) is 0 Å². The lowest BCUT2D eigenvalue weighted by Crippen LogP contribution is -2.62. The lowest BCUT2D eigenvalue weighted by molar-refractivity contribution is -0.479. The number of Topliss-reactive ketones (excluding diaryl/α,β-unsaturated/α-hetero) is 1. The summed E-state index contributed by atoms with van der Waals surface area (Å²) in [6.07, 6.45) is -9.58. The molecular formula is C43H52N4O24. The zero-order valence-electron chi connectivity index (χ0n) is 38.9. The standard InChI is InChI=1S/C25H28O6.C18H24N4O18/c1-24(2)9-8-16-20(30-24)7-6-14(23(16)29-5)11-18(26)17-10-15-12-22(28)25(3,4)31-21(15)13-19(17)27;23-11(1-5-19(28)29)36-9-10-15(38-12(24)2-6-20(30)31)16(39-13(25)3-7-21(32)33)17(18(27)37-10)40-14(26)4-8-22(34)35/h6-10,13,22,27-28H,11-12H2,1-5H3;10,15-18,27H,1-9H2. The number of aromatic hydroxyl groups is 1. The maximum atomic E-state index is 13.1. The van der Waals surface area contributed by atoms with Crippen molar-refractivity contribution in [3.63, 3.8) is 0 Å². The minimum Gasteiger partial charge on any atom is -0.507 e. The molecular weight excluding hydrogens is 956 g/mol. The number of phenolic OH excluding ortho intramolecular Hbond substituents is 1. The molecule has 3 aliphatic rings. The number of ether oxygens (including phenoxy) is 8. The van der Waals surface area contributed by atoms with Crippen molar-refractivity contribution < 1.29 is 96.9 Å². The van der Waals surface area contributed by atoms with E-state index in [9.17, 15) is 79.7 Å². The van der Waals surface area contributed by atoms with Gasteiger partial charge in [0.25, 0.3) is 0 Å². The van der Waals surface area contributed by atoms with Crippen LogP contribution >= 0.6 is 0 Å². The van der Waals surface area contributed by atoms with Gasteiger partial charge in [0.2, 0.25) is 26.2 Å². The maximum absolute atomic E-state index is 13.1. The molecule has 1 saturated heterocycles. The highest BCUT2D eigenvalue weighted by atomic mass is 16.7. The summed E-state index contributed by atoms with van der Waals surface area (Å²) >= 11 is 0. The molecule has 2 aromatic rings. The van der Waals surface area contributed by atoms with Crippen molar-refractivity contribution in [3.05, 3.63) is 93.1 Å². The third-order valence-electron chi connectivity index (χ3n) is 10.7. The van der Waals surface area contributed by atoms with Crippen LogP contribution < -0.4 is 14.2 Å². The summed E-state index contributed by atoms with van der Waals surface area (Å²) in [7, 11) is 1.56. The Balaban J connectivity index is 0.000000317. The predicted octanol–water partition coefficient (Wildman–Crippen LogP) is 1.73. The smallest absolute Gasteiger partial charge is 0.313 e. The molecule has 0 radical (unpaired) electrons. The number of aliphatic hydroxyl groups excluding tert-OH is 2. The van der Waals surface area contributed by atoms with E-state index in [0.717, 1.165) is 5.56 Å². The second-order valence-corrected chi connectivity index (χ2v) is 17.0. The molecule has 0 aliphatic carbocycles. The summed E-state index contributed by atoms with van der Waals surface area (Å²) in [5.41, 5.74) is 1.22. The quantitative estimate of drug-likeness (QED) is 0.0527. The molecule has 6 unspecified atom stereocenters. The minimum absolute atomic E-state index is 0.0505. The van der Waals surface area contributed by atoms with E-state index in [2.05, 4.69) is 0 Å². The van der Waals surface area contributed by atoms with Gasteiger partial charge in [0, 0.05) is 44.2 Å². The van der Waals surface area contributed by atoms with Crippen LogP contribution in [0.15, 0.2) is 30.3 Å². The third-order valence-corrected chi connectivity index (χ3v) is 10.7. The van der Waals surface area contributed by atoms with E-state index in [4.69, 9.17) is 37.9 Å². The van der Waals surface area contributed by atoms with Gasteiger partial charge in [-0.2, -0.15) is 0 Å². The van der Waals surface area contributed by atoms with Crippen molar-refractivity contribution in [1.82, 2.24) is 0 Å². The first kappa shape index (κ1) is 56.0. The lowest BCUT2D eigenvalue weighted by atomic mass is 9.89. The molecule has 28 heteroatoms. The highest BCUT2D eigenvalue weighted by Crippen LogP contribution is 2.41. The number of methoxy groups -OCH3 is 1. The molecule has 2 aromatic carbocycles. The number of rotatable bonds is 21. The van der Waals surface area contributed by atoms with E-state index in [1.807, 2.05) is 38.1 Å². The Hall–Kier alpha value is -7.59. The molecule has 3 aliphatic heterocycles. The lowest BCUT2D eigenvalue weighted by Gasteiger charge is -2.42. The van der Waals surface area contributed by atoms with Gasteiger partial charge in [0.1, 0.15) is 72.6 Å². The van der Waals surface area contributed by atoms with E-state index >= 15 is 0 Å². The number of fused-ring (bicyclic) bond motifs is 2. The van der Waals surface area contributed by atoms with Crippen molar-refractivity contribution in [3.8, 4) is 23.0 Å². The SMILES string of the molecule is COc1c(CC(=O)c2cc3c(cc2O)OC(C)(C)C(O)C3)ccc2c1C=CC(C)(C)O2.O=C(CC[N+](=O)[O-])OCC1OC(O)C(OC(=O)CC[N+](=O)[O-])C(OC(=O)CC[N+](=O)[O-])C1OC(=O)CC[N+](=O)[O-]. The number of carbonyl (C=O) groups excluding carboxylic acids is 5. The number of carbonyl (C=O) groups is 5. The Labute approximate surface area is 402 Å². The second-order valence-electron chi connectivity index (χ2n) is 17.0. The van der Waals surface area contributed by atoms with Gasteiger partial charge in [-0.1, -0.05) is 6.07 Å². The van der Waals surface area contributed by atoms with Crippen LogP contribution in [0.1, 0.15) is 80.4 Å². The van der Waals surface area contributed by atoms with Crippen molar-refractivity contribution in [2.75, 3.05) is 39.9 Å². The van der Waals surface area contributed by atoms with Crippen molar-refractivity contribution in [2.24, 2.45) is 0 Å². The van der Waals surface area contributed by atoms with Crippen molar-refractivity contribution in [1.29, 1.82) is 0 Å². The first-order valence-electron chi connectivity index (χ1n) is 21.6. The zero-order chi connectivity index (χ0) is 53.0. The Kier molecular flexibility index (Phi) is 19.2. The number of nitrogens with zero attached hydrogens (tertiary/aromatic N) is 4. The molecule has 28 nitrogen and oxygen atoms in total. The molecule has 0 saturated carbocycles. The minimum atomic E-state index is -2.22. The number of hydrogen-bond acceptors (Lipinski definition) is 24. The number of hydrogen-bond donors (Lipinski definition) is 3. The number of ketones is 1. The highest BCUT2D eigenvalue weighted by molar-refractivity contribution is 6.01. The monoisotopic (exact) mass is 1010 g/mol. The molecule has 388 valence electrons. The van der Waals surface area contributed by atoms with Crippen LogP contribution in [0, 0.1) is 40.5 Å². The van der Waals surface area contributed by atoms with Crippen LogP contribution in [-0.2, 0) is 55.7 Å². The number of phenols is 1. The highest BCUT2D eigenvalue weighted by Gasteiger charge is 2.52. The fraction of sp³-hybridized carbons (Fsp3) is 0.558. The predicted molar refractivity (Wildman–Crippen MR) is 235 cm³/mol. The maximum Gasteiger partial charge on any atom is 0.313 e. The van der Waals surface area contributed by atoms with Crippen LogP contribution in [0.2, 0.25) is 0 Å². The van der Waals surface area contributed by atoms with Crippen molar-refractivity contribution >= 4 is 35.7 Å². The number of aliphatic hydroxyl groups is 2. The number of nitro groups is 4. The first-order chi connectivity index (χ1) is 33.2. The van der Waals surface area contributed by atoms with Crippen LogP contribution in [0.4, 0.5) is 0 Å². The molecule has 6 atom stereocenters. The zero-order valence-corrected chi connectivity index (χ0v) is 38.9. The van der Waals surface area contributed by atoms with Gasteiger partial charge in [0.05, 0.1) is 24.3 Å². The molecule has 0 aromatic heterocycles. The Morgan fingerprint density at radius 3 is 1.77 bits per heavy atom. The molecule has 1 fully saturated rings. The summed E-state index contributed by atoms with van der Waals surface area (Å²) in [4.78, 5) is 100. The molecule has 5 rings (SSSR count). The summed E-state index contributed by atoms with van der Waals surface area (Å²) in [6, 6.07) is 6.72. The normalized spacial score (nSPS) is 21.1. The average molecular weight is 1010 g/mol. The molecule has 0 bridgehead atoms. The average Bonchev–Trinajstić information content (AvgIpc) is 3.27. The Morgan fingerprint density at radius 1 is 0.718 bits per heavy atom. The fourth-order valence-corrected chi connectivity index (χ4v) is 7.06. The van der Waals surface area contributed by atoms with Gasteiger partial charge in [-0.3, -0.25) is 64.4 Å². The van der Waals surface area contributed by atoms with E-state index in [1.54, 1.807) is 27.0 Å². The van der Waals surface area contributed by atoms with E-state index in [-0.39, 0.29) is 23.5 Å². The number of benzene rings is 2. The topological polar surface area (TPSA) is 392 Å². The third kappa shape index (κ3) is 16.2. The van der Waals surface area contributed by atoms with Gasteiger partial charge in [-0.15, -0.1) is 0 Å².